The Morgan fingerprint density at radius 2 is 2.00 bits per heavy atom. The maximum absolute atomic E-state index is 6.19. The third-order valence-electron chi connectivity index (χ3n) is 3.66. The van der Waals surface area contributed by atoms with Crippen LogP contribution in [0.1, 0.15) is 5.56 Å². The van der Waals surface area contributed by atoms with Crippen molar-refractivity contribution in [1.29, 1.82) is 0 Å². The van der Waals surface area contributed by atoms with E-state index in [9.17, 15) is 0 Å². The largest absolute Gasteiger partial charge is 0.337 e. The molecule has 0 aliphatic carbocycles. The van der Waals surface area contributed by atoms with Gasteiger partial charge in [-0.2, -0.15) is 0 Å². The number of anilines is 2. The molecule has 0 amide bonds. The van der Waals surface area contributed by atoms with Crippen LogP contribution in [0.2, 0.25) is 5.02 Å². The number of para-hydroxylation sites is 2. The lowest BCUT2D eigenvalue weighted by atomic mass is 10.2. The van der Waals surface area contributed by atoms with Crippen LogP contribution in [0.3, 0.4) is 0 Å². The Hall–Kier alpha value is -2.59. The fraction of sp³-hybridized carbons (Fsp3) is 0.0588. The molecule has 0 saturated heterocycles. The number of nitrogens with zero attached hydrogens (tertiary/aromatic N) is 3. The Balaban J connectivity index is 1.89. The first-order chi connectivity index (χ1) is 10.7. The summed E-state index contributed by atoms with van der Waals surface area (Å²) < 4.78 is 2.03. The number of benzene rings is 2. The van der Waals surface area contributed by atoms with E-state index in [-0.39, 0.29) is 0 Å². The molecule has 0 fully saturated rings. The van der Waals surface area contributed by atoms with Gasteiger partial charge in [-0.3, -0.25) is 4.40 Å². The molecule has 0 unspecified atom stereocenters. The summed E-state index contributed by atoms with van der Waals surface area (Å²) in [6.45, 7) is 1.98. The van der Waals surface area contributed by atoms with Crippen molar-refractivity contribution in [3.63, 3.8) is 0 Å². The van der Waals surface area contributed by atoms with Crippen LogP contribution >= 0.6 is 11.6 Å². The van der Waals surface area contributed by atoms with E-state index >= 15 is 0 Å². The topological polar surface area (TPSA) is 42.2 Å². The number of imidazole rings is 1. The number of nitrogens with one attached hydrogen (secondary N) is 1. The molecule has 2 aromatic carbocycles. The molecule has 4 nitrogen and oxygen atoms in total. The highest BCUT2D eigenvalue weighted by molar-refractivity contribution is 6.31. The van der Waals surface area contributed by atoms with Gasteiger partial charge in [0, 0.05) is 23.1 Å². The number of aromatic nitrogens is 3. The highest BCUT2D eigenvalue weighted by Gasteiger charge is 2.09. The zero-order valence-corrected chi connectivity index (χ0v) is 12.7. The van der Waals surface area contributed by atoms with Crippen molar-refractivity contribution in [2.45, 2.75) is 6.92 Å². The highest BCUT2D eigenvalue weighted by atomic mass is 35.5. The molecule has 4 aromatic rings. The fourth-order valence-corrected chi connectivity index (χ4v) is 2.68. The summed E-state index contributed by atoms with van der Waals surface area (Å²) in [7, 11) is 0. The lowest BCUT2D eigenvalue weighted by Gasteiger charge is -2.10. The average Bonchev–Trinajstić information content (AvgIpc) is 3.01. The molecule has 0 bridgehead atoms. The molecule has 0 saturated carbocycles. The van der Waals surface area contributed by atoms with Crippen LogP contribution in [-0.2, 0) is 0 Å². The zero-order valence-electron chi connectivity index (χ0n) is 11.9. The van der Waals surface area contributed by atoms with E-state index in [1.54, 1.807) is 6.20 Å². The van der Waals surface area contributed by atoms with Crippen molar-refractivity contribution in [2.75, 3.05) is 5.32 Å². The predicted molar refractivity (Wildman–Crippen MR) is 90.0 cm³/mol. The maximum atomic E-state index is 6.19. The SMILES string of the molecule is Cc1ccc(Nc2nc3ccccc3n3ccnc23)cc1Cl. The van der Waals surface area contributed by atoms with E-state index in [1.807, 2.05) is 60.0 Å². The molecule has 0 spiro atoms. The number of rotatable bonds is 2. The molecule has 2 heterocycles. The Kier molecular flexibility index (Phi) is 2.98. The molecule has 0 radical (unpaired) electrons. The first-order valence-corrected chi connectivity index (χ1v) is 7.35. The van der Waals surface area contributed by atoms with Gasteiger partial charge in [0.15, 0.2) is 11.5 Å². The summed E-state index contributed by atoms with van der Waals surface area (Å²) in [6.07, 6.45) is 3.71. The fourth-order valence-electron chi connectivity index (χ4n) is 2.50. The lowest BCUT2D eigenvalue weighted by molar-refractivity contribution is 1.21. The van der Waals surface area contributed by atoms with Gasteiger partial charge in [-0.15, -0.1) is 0 Å². The second-order valence-corrected chi connectivity index (χ2v) is 5.57. The van der Waals surface area contributed by atoms with Gasteiger partial charge < -0.3 is 5.32 Å². The summed E-state index contributed by atoms with van der Waals surface area (Å²) >= 11 is 6.19. The third-order valence-corrected chi connectivity index (χ3v) is 4.07. The summed E-state index contributed by atoms with van der Waals surface area (Å²) in [6, 6.07) is 13.9. The Morgan fingerprint density at radius 1 is 1.14 bits per heavy atom. The number of fused-ring (bicyclic) bond motifs is 3. The van der Waals surface area contributed by atoms with Gasteiger partial charge in [0.25, 0.3) is 0 Å². The molecular weight excluding hydrogens is 296 g/mol. The number of hydrogen-bond acceptors (Lipinski definition) is 3. The maximum Gasteiger partial charge on any atom is 0.180 e. The second kappa shape index (κ2) is 5.00. The summed E-state index contributed by atoms with van der Waals surface area (Å²) in [4.78, 5) is 9.10. The third kappa shape index (κ3) is 2.09. The molecule has 108 valence electrons. The van der Waals surface area contributed by atoms with Crippen molar-refractivity contribution in [2.24, 2.45) is 0 Å². The van der Waals surface area contributed by atoms with Crippen molar-refractivity contribution >= 4 is 39.8 Å². The Labute approximate surface area is 132 Å². The van der Waals surface area contributed by atoms with E-state index in [2.05, 4.69) is 15.3 Å². The van der Waals surface area contributed by atoms with E-state index in [1.165, 1.54) is 0 Å². The molecule has 5 heteroatoms. The van der Waals surface area contributed by atoms with Gasteiger partial charge >= 0.3 is 0 Å². The molecule has 4 rings (SSSR count). The Morgan fingerprint density at radius 3 is 2.86 bits per heavy atom. The highest BCUT2D eigenvalue weighted by Crippen LogP contribution is 2.26. The van der Waals surface area contributed by atoms with Gasteiger partial charge in [0.2, 0.25) is 0 Å². The van der Waals surface area contributed by atoms with Gasteiger partial charge in [-0.05, 0) is 36.8 Å². The quantitative estimate of drug-likeness (QED) is 0.589. The van der Waals surface area contributed by atoms with E-state index in [0.29, 0.717) is 5.82 Å². The van der Waals surface area contributed by atoms with Crippen LogP contribution in [-0.4, -0.2) is 14.4 Å². The second-order valence-electron chi connectivity index (χ2n) is 5.16. The van der Waals surface area contributed by atoms with Crippen LogP contribution in [0.4, 0.5) is 11.5 Å². The minimum absolute atomic E-state index is 0.712. The van der Waals surface area contributed by atoms with Gasteiger partial charge in [-0.1, -0.05) is 29.8 Å². The minimum Gasteiger partial charge on any atom is -0.337 e. The molecule has 2 aromatic heterocycles. The molecule has 1 N–H and O–H groups in total. The van der Waals surface area contributed by atoms with E-state index < -0.39 is 0 Å². The van der Waals surface area contributed by atoms with Crippen molar-refractivity contribution in [1.82, 2.24) is 14.4 Å². The smallest absolute Gasteiger partial charge is 0.180 e. The molecular formula is C17H13ClN4. The van der Waals surface area contributed by atoms with Gasteiger partial charge in [0.05, 0.1) is 11.0 Å². The molecule has 0 aliphatic heterocycles. The first-order valence-electron chi connectivity index (χ1n) is 6.97. The van der Waals surface area contributed by atoms with Crippen molar-refractivity contribution < 1.29 is 0 Å². The lowest BCUT2D eigenvalue weighted by Crippen LogP contribution is -2.00. The zero-order chi connectivity index (χ0) is 15.1. The average molecular weight is 309 g/mol. The summed E-state index contributed by atoms with van der Waals surface area (Å²) in [5.41, 5.74) is 4.67. The van der Waals surface area contributed by atoms with Gasteiger partial charge in [0.1, 0.15) is 0 Å². The normalized spacial score (nSPS) is 11.2. The first kappa shape index (κ1) is 13.1. The van der Waals surface area contributed by atoms with Crippen LogP contribution in [0, 0.1) is 6.92 Å². The van der Waals surface area contributed by atoms with Crippen molar-refractivity contribution in [3.05, 3.63) is 65.4 Å². The number of hydrogen-bond donors (Lipinski definition) is 1. The monoisotopic (exact) mass is 308 g/mol. The molecule has 22 heavy (non-hydrogen) atoms. The van der Waals surface area contributed by atoms with Crippen LogP contribution in [0.15, 0.2) is 54.9 Å². The van der Waals surface area contributed by atoms with Crippen LogP contribution < -0.4 is 5.32 Å². The van der Waals surface area contributed by atoms with Crippen molar-refractivity contribution in [3.8, 4) is 0 Å². The van der Waals surface area contributed by atoms with Crippen LogP contribution in [0.25, 0.3) is 16.7 Å². The van der Waals surface area contributed by atoms with Gasteiger partial charge in [-0.25, -0.2) is 9.97 Å². The summed E-state index contributed by atoms with van der Waals surface area (Å²) in [5.74, 6) is 0.712. The number of aryl methyl sites for hydroxylation is 1. The molecule has 0 aliphatic rings. The van der Waals surface area contributed by atoms with Crippen LogP contribution in [0.5, 0.6) is 0 Å². The standard InChI is InChI=1S/C17H13ClN4/c1-11-6-7-12(10-13(11)18)20-16-17-19-8-9-22(17)15-5-3-2-4-14(15)21-16/h2-10H,1H3,(H,20,21). The Bertz CT molecular complexity index is 990. The van der Waals surface area contributed by atoms with E-state index in [0.717, 1.165) is 33.0 Å². The summed E-state index contributed by atoms with van der Waals surface area (Å²) in [5, 5.41) is 4.04. The minimum atomic E-state index is 0.712. The molecule has 0 atom stereocenters. The van der Waals surface area contributed by atoms with E-state index in [4.69, 9.17) is 11.6 Å². The number of halogens is 1. The predicted octanol–water partition coefficient (Wildman–Crippen LogP) is 4.59.